The SMILES string of the molecule is CCCCOc1cccc(O)c1-c1ccccc1. The summed E-state index contributed by atoms with van der Waals surface area (Å²) >= 11 is 0. The molecule has 0 saturated carbocycles. The van der Waals surface area contributed by atoms with E-state index in [1.807, 2.05) is 42.5 Å². The number of benzene rings is 2. The highest BCUT2D eigenvalue weighted by molar-refractivity contribution is 5.76. The molecule has 2 aromatic carbocycles. The highest BCUT2D eigenvalue weighted by Gasteiger charge is 2.10. The van der Waals surface area contributed by atoms with Gasteiger partial charge in [-0.15, -0.1) is 0 Å². The second kappa shape index (κ2) is 6.10. The molecule has 0 heterocycles. The van der Waals surface area contributed by atoms with E-state index in [0.717, 1.165) is 29.7 Å². The van der Waals surface area contributed by atoms with Crippen molar-refractivity contribution in [2.24, 2.45) is 0 Å². The van der Waals surface area contributed by atoms with Gasteiger partial charge in [0.15, 0.2) is 0 Å². The summed E-state index contributed by atoms with van der Waals surface area (Å²) in [5.41, 5.74) is 1.75. The van der Waals surface area contributed by atoms with Gasteiger partial charge in [0.25, 0.3) is 0 Å². The number of hydrogen-bond donors (Lipinski definition) is 1. The Balaban J connectivity index is 2.33. The normalized spacial score (nSPS) is 10.3. The van der Waals surface area contributed by atoms with Crippen LogP contribution in [0.3, 0.4) is 0 Å². The third-order valence-electron chi connectivity index (χ3n) is 2.82. The Labute approximate surface area is 108 Å². The van der Waals surface area contributed by atoms with Crippen LogP contribution in [0.4, 0.5) is 0 Å². The first-order valence-electron chi connectivity index (χ1n) is 6.33. The van der Waals surface area contributed by atoms with Gasteiger partial charge in [-0.1, -0.05) is 49.7 Å². The topological polar surface area (TPSA) is 29.5 Å². The molecule has 0 atom stereocenters. The minimum absolute atomic E-state index is 0.259. The average Bonchev–Trinajstić information content (AvgIpc) is 2.40. The number of unbranched alkanes of at least 4 members (excludes halogenated alkanes) is 1. The molecule has 0 aromatic heterocycles. The van der Waals surface area contributed by atoms with E-state index in [-0.39, 0.29) is 5.75 Å². The molecule has 18 heavy (non-hydrogen) atoms. The third-order valence-corrected chi connectivity index (χ3v) is 2.82. The number of rotatable bonds is 5. The van der Waals surface area contributed by atoms with Crippen molar-refractivity contribution in [2.75, 3.05) is 6.61 Å². The Bertz CT molecular complexity index is 492. The highest BCUT2D eigenvalue weighted by Crippen LogP contribution is 2.37. The van der Waals surface area contributed by atoms with Gasteiger partial charge in [-0.05, 0) is 24.1 Å². The van der Waals surface area contributed by atoms with E-state index in [1.165, 1.54) is 0 Å². The third kappa shape index (κ3) is 2.83. The fraction of sp³-hybridized carbons (Fsp3) is 0.250. The van der Waals surface area contributed by atoms with Crippen LogP contribution in [-0.4, -0.2) is 11.7 Å². The van der Waals surface area contributed by atoms with Gasteiger partial charge in [-0.2, -0.15) is 0 Å². The predicted molar refractivity (Wildman–Crippen MR) is 73.9 cm³/mol. The van der Waals surface area contributed by atoms with Gasteiger partial charge >= 0.3 is 0 Å². The molecule has 0 spiro atoms. The van der Waals surface area contributed by atoms with E-state index in [4.69, 9.17) is 4.74 Å². The van der Waals surface area contributed by atoms with Crippen LogP contribution in [0, 0.1) is 0 Å². The summed E-state index contributed by atoms with van der Waals surface area (Å²) in [7, 11) is 0. The van der Waals surface area contributed by atoms with Gasteiger partial charge in [-0.25, -0.2) is 0 Å². The van der Waals surface area contributed by atoms with Crippen LogP contribution in [0.5, 0.6) is 11.5 Å². The van der Waals surface area contributed by atoms with Gasteiger partial charge in [0.2, 0.25) is 0 Å². The van der Waals surface area contributed by atoms with E-state index in [2.05, 4.69) is 6.92 Å². The first kappa shape index (κ1) is 12.5. The van der Waals surface area contributed by atoms with Crippen LogP contribution >= 0.6 is 0 Å². The Hall–Kier alpha value is -1.96. The standard InChI is InChI=1S/C16H18O2/c1-2-3-12-18-15-11-7-10-14(17)16(15)13-8-5-4-6-9-13/h4-11,17H,2-3,12H2,1H3. The quantitative estimate of drug-likeness (QED) is 0.795. The van der Waals surface area contributed by atoms with E-state index < -0.39 is 0 Å². The Morgan fingerprint density at radius 2 is 1.78 bits per heavy atom. The molecule has 2 aromatic rings. The molecule has 0 amide bonds. The summed E-state index contributed by atoms with van der Waals surface area (Å²) in [5.74, 6) is 1.00. The van der Waals surface area contributed by atoms with Crippen LogP contribution < -0.4 is 4.74 Å². The van der Waals surface area contributed by atoms with Crippen molar-refractivity contribution in [3.05, 3.63) is 48.5 Å². The van der Waals surface area contributed by atoms with Crippen molar-refractivity contribution < 1.29 is 9.84 Å². The lowest BCUT2D eigenvalue weighted by molar-refractivity contribution is 0.309. The zero-order valence-electron chi connectivity index (χ0n) is 10.6. The summed E-state index contributed by atoms with van der Waals surface area (Å²) in [6, 6.07) is 15.2. The first-order valence-corrected chi connectivity index (χ1v) is 6.33. The van der Waals surface area contributed by atoms with E-state index >= 15 is 0 Å². The maximum atomic E-state index is 10.0. The maximum absolute atomic E-state index is 10.0. The van der Waals surface area contributed by atoms with Crippen LogP contribution in [0.25, 0.3) is 11.1 Å². The summed E-state index contributed by atoms with van der Waals surface area (Å²) in [6.45, 7) is 2.81. The van der Waals surface area contributed by atoms with E-state index in [1.54, 1.807) is 6.07 Å². The summed E-state index contributed by atoms with van der Waals surface area (Å²) < 4.78 is 5.75. The molecule has 0 aliphatic carbocycles. The summed E-state index contributed by atoms with van der Waals surface area (Å²) in [5, 5.41) is 10.0. The molecule has 0 aliphatic rings. The number of phenolic OH excluding ortho intramolecular Hbond substituents is 1. The molecule has 0 radical (unpaired) electrons. The van der Waals surface area contributed by atoms with Crippen LogP contribution in [-0.2, 0) is 0 Å². The number of aromatic hydroxyl groups is 1. The van der Waals surface area contributed by atoms with Crippen molar-refractivity contribution >= 4 is 0 Å². The first-order chi connectivity index (χ1) is 8.83. The fourth-order valence-corrected chi connectivity index (χ4v) is 1.86. The molecule has 0 bridgehead atoms. The van der Waals surface area contributed by atoms with Crippen molar-refractivity contribution in [3.63, 3.8) is 0 Å². The molecular weight excluding hydrogens is 224 g/mol. The molecule has 2 heteroatoms. The second-order valence-electron chi connectivity index (χ2n) is 4.22. The molecule has 2 nitrogen and oxygen atoms in total. The van der Waals surface area contributed by atoms with Crippen LogP contribution in [0.1, 0.15) is 19.8 Å². The van der Waals surface area contributed by atoms with Gasteiger partial charge in [0.1, 0.15) is 11.5 Å². The van der Waals surface area contributed by atoms with Gasteiger partial charge < -0.3 is 9.84 Å². The average molecular weight is 242 g/mol. The molecule has 1 N–H and O–H groups in total. The number of hydrogen-bond acceptors (Lipinski definition) is 2. The fourth-order valence-electron chi connectivity index (χ4n) is 1.86. The lowest BCUT2D eigenvalue weighted by atomic mass is 10.0. The summed E-state index contributed by atoms with van der Waals surface area (Å²) in [4.78, 5) is 0. The predicted octanol–water partition coefficient (Wildman–Crippen LogP) is 4.24. The van der Waals surface area contributed by atoms with Crippen molar-refractivity contribution in [2.45, 2.75) is 19.8 Å². The molecule has 0 unspecified atom stereocenters. The number of phenols is 1. The molecule has 0 saturated heterocycles. The minimum atomic E-state index is 0.259. The smallest absolute Gasteiger partial charge is 0.130 e. The molecule has 0 fully saturated rings. The zero-order valence-corrected chi connectivity index (χ0v) is 10.6. The lowest BCUT2D eigenvalue weighted by Gasteiger charge is -2.12. The lowest BCUT2D eigenvalue weighted by Crippen LogP contribution is -1.98. The Kier molecular flexibility index (Phi) is 4.24. The molecule has 2 rings (SSSR count). The van der Waals surface area contributed by atoms with Crippen LogP contribution in [0.15, 0.2) is 48.5 Å². The largest absolute Gasteiger partial charge is 0.507 e. The van der Waals surface area contributed by atoms with Crippen molar-refractivity contribution in [1.29, 1.82) is 0 Å². The van der Waals surface area contributed by atoms with Crippen molar-refractivity contribution in [1.82, 2.24) is 0 Å². The molecule has 0 aliphatic heterocycles. The van der Waals surface area contributed by atoms with Gasteiger partial charge in [0, 0.05) is 0 Å². The second-order valence-corrected chi connectivity index (χ2v) is 4.22. The molecular formula is C16H18O2. The monoisotopic (exact) mass is 242 g/mol. The Morgan fingerprint density at radius 3 is 2.50 bits per heavy atom. The maximum Gasteiger partial charge on any atom is 0.130 e. The van der Waals surface area contributed by atoms with E-state index in [9.17, 15) is 5.11 Å². The molecule has 94 valence electrons. The zero-order chi connectivity index (χ0) is 12.8. The van der Waals surface area contributed by atoms with Crippen molar-refractivity contribution in [3.8, 4) is 22.6 Å². The van der Waals surface area contributed by atoms with Crippen LogP contribution in [0.2, 0.25) is 0 Å². The minimum Gasteiger partial charge on any atom is -0.507 e. The van der Waals surface area contributed by atoms with Gasteiger partial charge in [0.05, 0.1) is 12.2 Å². The van der Waals surface area contributed by atoms with Gasteiger partial charge in [-0.3, -0.25) is 0 Å². The van der Waals surface area contributed by atoms with E-state index in [0.29, 0.717) is 6.61 Å². The number of ether oxygens (including phenoxy) is 1. The summed E-state index contributed by atoms with van der Waals surface area (Å²) in [6.07, 6.45) is 2.11. The highest BCUT2D eigenvalue weighted by atomic mass is 16.5. The Morgan fingerprint density at radius 1 is 1.00 bits per heavy atom.